The van der Waals surface area contributed by atoms with Crippen LogP contribution in [-0.2, 0) is 10.2 Å². The minimum atomic E-state index is -3.41. The molecule has 0 bridgehead atoms. The molecule has 4 N–H and O–H groups in total. The Hall–Kier alpha value is -0.170. The van der Waals surface area contributed by atoms with Gasteiger partial charge in [0.15, 0.2) is 0 Å². The number of nitrogens with two attached hydrogens (primary N) is 1. The van der Waals surface area contributed by atoms with Gasteiger partial charge in [-0.25, -0.2) is 4.72 Å². The molecule has 0 aliphatic carbocycles. The van der Waals surface area contributed by atoms with E-state index in [4.69, 9.17) is 5.73 Å². The lowest BCUT2D eigenvalue weighted by Gasteiger charge is -2.20. The Morgan fingerprint density at radius 1 is 1.38 bits per heavy atom. The summed E-state index contributed by atoms with van der Waals surface area (Å²) >= 11 is 0. The first-order valence-electron chi connectivity index (χ1n) is 4.16. The van der Waals surface area contributed by atoms with E-state index in [1.54, 1.807) is 27.7 Å². The van der Waals surface area contributed by atoms with Gasteiger partial charge in [-0.15, -0.1) is 0 Å². The van der Waals surface area contributed by atoms with E-state index in [1.165, 1.54) is 0 Å². The topological polar surface area (TPSA) is 84.2 Å². The number of rotatable bonds is 4. The third kappa shape index (κ3) is 8.17. The molecule has 13 heavy (non-hydrogen) atoms. The van der Waals surface area contributed by atoms with Gasteiger partial charge in [0.25, 0.3) is 10.2 Å². The van der Waals surface area contributed by atoms with Crippen molar-refractivity contribution in [2.45, 2.75) is 39.3 Å². The van der Waals surface area contributed by atoms with Crippen LogP contribution in [0.1, 0.15) is 27.7 Å². The van der Waals surface area contributed by atoms with Crippen LogP contribution in [0.25, 0.3) is 0 Å². The van der Waals surface area contributed by atoms with E-state index in [2.05, 4.69) is 9.44 Å². The monoisotopic (exact) mass is 209 g/mol. The van der Waals surface area contributed by atoms with Crippen molar-refractivity contribution in [3.63, 3.8) is 0 Å². The van der Waals surface area contributed by atoms with Gasteiger partial charge in [-0.2, -0.15) is 13.1 Å². The van der Waals surface area contributed by atoms with Gasteiger partial charge in [-0.3, -0.25) is 0 Å². The average Bonchev–Trinajstić information content (AvgIpc) is 1.78. The largest absolute Gasteiger partial charge is 0.327 e. The van der Waals surface area contributed by atoms with Gasteiger partial charge in [-0.1, -0.05) is 0 Å². The van der Waals surface area contributed by atoms with Crippen LogP contribution in [0.15, 0.2) is 0 Å². The molecule has 0 aromatic heterocycles. The third-order valence-corrected chi connectivity index (χ3v) is 2.46. The molecule has 0 aliphatic heterocycles. The molecule has 0 radical (unpaired) electrons. The Morgan fingerprint density at radius 3 is 2.15 bits per heavy atom. The van der Waals surface area contributed by atoms with Crippen molar-refractivity contribution in [1.29, 1.82) is 0 Å². The van der Waals surface area contributed by atoms with Gasteiger partial charge in [-0.05, 0) is 27.7 Å². The van der Waals surface area contributed by atoms with Crippen molar-refractivity contribution >= 4 is 10.2 Å². The van der Waals surface area contributed by atoms with Gasteiger partial charge in [0.1, 0.15) is 0 Å². The molecular weight excluding hydrogens is 190 g/mol. The van der Waals surface area contributed by atoms with Crippen LogP contribution in [0.5, 0.6) is 0 Å². The lowest BCUT2D eigenvalue weighted by atomic mass is 10.1. The molecule has 0 aromatic rings. The third-order valence-electron chi connectivity index (χ3n) is 1.04. The predicted octanol–water partition coefficient (Wildman–Crippen LogP) is -0.444. The second kappa shape index (κ2) is 4.36. The van der Waals surface area contributed by atoms with Crippen molar-refractivity contribution in [1.82, 2.24) is 9.44 Å². The molecule has 0 fully saturated rings. The lowest BCUT2D eigenvalue weighted by Crippen LogP contribution is -2.49. The summed E-state index contributed by atoms with van der Waals surface area (Å²) in [7, 11) is -3.41. The second-order valence-electron chi connectivity index (χ2n) is 4.18. The maximum Gasteiger partial charge on any atom is 0.277 e. The summed E-state index contributed by atoms with van der Waals surface area (Å²) in [4.78, 5) is 0. The molecule has 0 heterocycles. The molecule has 80 valence electrons. The molecule has 0 rings (SSSR count). The number of hydrogen-bond acceptors (Lipinski definition) is 3. The van der Waals surface area contributed by atoms with E-state index in [9.17, 15) is 8.42 Å². The molecule has 6 heteroatoms. The maximum absolute atomic E-state index is 11.3. The second-order valence-corrected chi connectivity index (χ2v) is 5.68. The van der Waals surface area contributed by atoms with Crippen LogP contribution in [0, 0.1) is 0 Å². The zero-order chi connectivity index (χ0) is 10.7. The summed E-state index contributed by atoms with van der Waals surface area (Å²) in [5, 5.41) is 0. The lowest BCUT2D eigenvalue weighted by molar-refractivity contribution is 0.481. The van der Waals surface area contributed by atoms with Crippen LogP contribution < -0.4 is 15.2 Å². The summed E-state index contributed by atoms with van der Waals surface area (Å²) in [5.74, 6) is 0. The van der Waals surface area contributed by atoms with Gasteiger partial charge in [0.05, 0.1) is 0 Å². The fourth-order valence-electron chi connectivity index (χ4n) is 0.680. The Kier molecular flexibility index (Phi) is 4.31. The Morgan fingerprint density at radius 2 is 1.85 bits per heavy atom. The van der Waals surface area contributed by atoms with Crippen LogP contribution in [0.2, 0.25) is 0 Å². The molecule has 0 spiro atoms. The summed E-state index contributed by atoms with van der Waals surface area (Å²) in [6.45, 7) is 7.30. The number of nitrogens with one attached hydrogen (secondary N) is 2. The van der Waals surface area contributed by atoms with Crippen LogP contribution in [0.4, 0.5) is 0 Å². The highest BCUT2D eigenvalue weighted by atomic mass is 32.2. The van der Waals surface area contributed by atoms with E-state index < -0.39 is 15.7 Å². The van der Waals surface area contributed by atoms with Gasteiger partial charge >= 0.3 is 0 Å². The molecule has 1 unspecified atom stereocenters. The van der Waals surface area contributed by atoms with Crippen LogP contribution in [-0.4, -0.2) is 26.5 Å². The van der Waals surface area contributed by atoms with Crippen molar-refractivity contribution in [2.75, 3.05) is 6.54 Å². The SMILES string of the molecule is CC(N)CNS(=O)(=O)NC(C)(C)C. The molecular formula is C7H19N3O2S. The van der Waals surface area contributed by atoms with Crippen molar-refractivity contribution < 1.29 is 8.42 Å². The highest BCUT2D eigenvalue weighted by Crippen LogP contribution is 1.99. The van der Waals surface area contributed by atoms with Crippen molar-refractivity contribution in [2.24, 2.45) is 5.73 Å². The molecule has 1 atom stereocenters. The van der Waals surface area contributed by atoms with E-state index in [0.29, 0.717) is 0 Å². The van der Waals surface area contributed by atoms with Gasteiger partial charge < -0.3 is 5.73 Å². The first kappa shape index (κ1) is 12.8. The Balaban J connectivity index is 4.11. The highest BCUT2D eigenvalue weighted by Gasteiger charge is 2.19. The summed E-state index contributed by atoms with van der Waals surface area (Å²) < 4.78 is 27.4. The number of hydrogen-bond donors (Lipinski definition) is 3. The molecule has 0 saturated carbocycles. The minimum absolute atomic E-state index is 0.184. The predicted molar refractivity (Wildman–Crippen MR) is 53.5 cm³/mol. The first-order valence-corrected chi connectivity index (χ1v) is 5.65. The van der Waals surface area contributed by atoms with E-state index in [1.807, 2.05) is 0 Å². The van der Waals surface area contributed by atoms with Gasteiger partial charge in [0.2, 0.25) is 0 Å². The van der Waals surface area contributed by atoms with Crippen molar-refractivity contribution in [3.05, 3.63) is 0 Å². The smallest absolute Gasteiger partial charge is 0.277 e. The zero-order valence-corrected chi connectivity index (χ0v) is 9.40. The quantitative estimate of drug-likeness (QED) is 0.586. The first-order chi connectivity index (χ1) is 5.62. The molecule has 0 aliphatic rings. The maximum atomic E-state index is 11.3. The summed E-state index contributed by atoms with van der Waals surface area (Å²) in [6, 6.07) is -0.184. The zero-order valence-electron chi connectivity index (χ0n) is 8.59. The molecule has 5 nitrogen and oxygen atoms in total. The standard InChI is InChI=1S/C7H19N3O2S/c1-6(8)5-9-13(11,12)10-7(2,3)4/h6,9-10H,5,8H2,1-4H3. The summed E-state index contributed by atoms with van der Waals surface area (Å²) in [6.07, 6.45) is 0. The molecule has 0 saturated heterocycles. The molecule has 0 aromatic carbocycles. The Labute approximate surface area is 80.3 Å². The van der Waals surface area contributed by atoms with Gasteiger partial charge in [0, 0.05) is 18.1 Å². The minimum Gasteiger partial charge on any atom is -0.327 e. The average molecular weight is 209 g/mol. The Bertz CT molecular complexity index is 241. The fraction of sp³-hybridized carbons (Fsp3) is 1.00. The fourth-order valence-corrected chi connectivity index (χ4v) is 2.04. The molecule has 0 amide bonds. The normalized spacial score (nSPS) is 15.8. The van der Waals surface area contributed by atoms with Crippen LogP contribution in [0.3, 0.4) is 0 Å². The van der Waals surface area contributed by atoms with E-state index in [0.717, 1.165) is 0 Å². The summed E-state index contributed by atoms with van der Waals surface area (Å²) in [5.41, 5.74) is 4.94. The van der Waals surface area contributed by atoms with Crippen LogP contribution >= 0.6 is 0 Å². The van der Waals surface area contributed by atoms with E-state index in [-0.39, 0.29) is 12.6 Å². The van der Waals surface area contributed by atoms with E-state index >= 15 is 0 Å². The van der Waals surface area contributed by atoms with Crippen molar-refractivity contribution in [3.8, 4) is 0 Å². The highest BCUT2D eigenvalue weighted by molar-refractivity contribution is 7.87.